The maximum Gasteiger partial charge on any atom is 0.262 e. The van der Waals surface area contributed by atoms with E-state index in [-0.39, 0.29) is 17.2 Å². The Bertz CT molecular complexity index is 882. The van der Waals surface area contributed by atoms with Gasteiger partial charge in [0.1, 0.15) is 11.9 Å². The third-order valence-corrected chi connectivity index (χ3v) is 4.01. The summed E-state index contributed by atoms with van der Waals surface area (Å²) < 4.78 is 18.3. The SMILES string of the molecule is CCOc1cc(/C=N/NC(=O)C(NC(=O)c2ccc(F)cc2)C(C)C)ccc1O. The van der Waals surface area contributed by atoms with Crippen LogP contribution >= 0.6 is 0 Å². The number of hydrogen-bond donors (Lipinski definition) is 3. The molecule has 2 amide bonds. The summed E-state index contributed by atoms with van der Waals surface area (Å²) >= 11 is 0. The lowest BCUT2D eigenvalue weighted by molar-refractivity contribution is -0.123. The van der Waals surface area contributed by atoms with E-state index in [2.05, 4.69) is 15.8 Å². The van der Waals surface area contributed by atoms with Gasteiger partial charge in [-0.3, -0.25) is 9.59 Å². The highest BCUT2D eigenvalue weighted by Crippen LogP contribution is 2.26. The van der Waals surface area contributed by atoms with Gasteiger partial charge >= 0.3 is 0 Å². The number of hydrogen-bond acceptors (Lipinski definition) is 5. The Morgan fingerprint density at radius 2 is 1.90 bits per heavy atom. The number of aromatic hydroxyl groups is 1. The van der Waals surface area contributed by atoms with Crippen LogP contribution in [0.25, 0.3) is 0 Å². The number of ether oxygens (including phenoxy) is 1. The normalized spacial score (nSPS) is 12.0. The topological polar surface area (TPSA) is 100 Å². The van der Waals surface area contributed by atoms with Gasteiger partial charge in [0.05, 0.1) is 12.8 Å². The Balaban J connectivity index is 2.02. The lowest BCUT2D eigenvalue weighted by Gasteiger charge is -2.20. The molecule has 7 nitrogen and oxygen atoms in total. The van der Waals surface area contributed by atoms with E-state index < -0.39 is 23.7 Å². The van der Waals surface area contributed by atoms with Crippen molar-refractivity contribution in [3.8, 4) is 11.5 Å². The monoisotopic (exact) mass is 401 g/mol. The van der Waals surface area contributed by atoms with E-state index in [9.17, 15) is 19.1 Å². The summed E-state index contributed by atoms with van der Waals surface area (Å²) in [4.78, 5) is 24.8. The van der Waals surface area contributed by atoms with Crippen LogP contribution in [0.3, 0.4) is 0 Å². The first kappa shape index (κ1) is 21.9. The van der Waals surface area contributed by atoms with Gasteiger partial charge in [-0.05, 0) is 60.9 Å². The summed E-state index contributed by atoms with van der Waals surface area (Å²) in [5.74, 6) is -1.30. The van der Waals surface area contributed by atoms with Gasteiger partial charge in [-0.1, -0.05) is 13.8 Å². The van der Waals surface area contributed by atoms with Crippen LogP contribution in [0.1, 0.15) is 36.7 Å². The second-order valence-electron chi connectivity index (χ2n) is 6.60. The molecule has 29 heavy (non-hydrogen) atoms. The summed E-state index contributed by atoms with van der Waals surface area (Å²) in [6.45, 7) is 5.77. The highest BCUT2D eigenvalue weighted by molar-refractivity contribution is 5.97. The number of benzene rings is 2. The Morgan fingerprint density at radius 1 is 1.21 bits per heavy atom. The highest BCUT2D eigenvalue weighted by atomic mass is 19.1. The van der Waals surface area contributed by atoms with Crippen molar-refractivity contribution in [2.75, 3.05) is 6.61 Å². The smallest absolute Gasteiger partial charge is 0.262 e. The van der Waals surface area contributed by atoms with Gasteiger partial charge in [-0.2, -0.15) is 5.10 Å². The van der Waals surface area contributed by atoms with E-state index in [0.29, 0.717) is 17.9 Å². The van der Waals surface area contributed by atoms with Gasteiger partial charge in [0.15, 0.2) is 11.5 Å². The Morgan fingerprint density at radius 3 is 2.52 bits per heavy atom. The quantitative estimate of drug-likeness (QED) is 0.468. The number of phenolic OH excluding ortho intramolecular Hbond substituents is 1. The van der Waals surface area contributed by atoms with Crippen LogP contribution in [0.2, 0.25) is 0 Å². The van der Waals surface area contributed by atoms with Crippen LogP contribution in [0.15, 0.2) is 47.6 Å². The van der Waals surface area contributed by atoms with Crippen molar-refractivity contribution >= 4 is 18.0 Å². The van der Waals surface area contributed by atoms with Crippen molar-refractivity contribution in [2.45, 2.75) is 26.8 Å². The van der Waals surface area contributed by atoms with E-state index >= 15 is 0 Å². The van der Waals surface area contributed by atoms with Crippen LogP contribution in [0.5, 0.6) is 11.5 Å². The number of amides is 2. The number of nitrogens with zero attached hydrogens (tertiary/aromatic N) is 1. The number of nitrogens with one attached hydrogen (secondary N) is 2. The van der Waals surface area contributed by atoms with Crippen LogP contribution < -0.4 is 15.5 Å². The fourth-order valence-corrected chi connectivity index (χ4v) is 2.48. The number of carbonyl (C=O) groups excluding carboxylic acids is 2. The van der Waals surface area contributed by atoms with Crippen molar-refractivity contribution in [1.29, 1.82) is 0 Å². The largest absolute Gasteiger partial charge is 0.504 e. The molecule has 3 N–H and O–H groups in total. The van der Waals surface area contributed by atoms with E-state index in [0.717, 1.165) is 0 Å². The van der Waals surface area contributed by atoms with Crippen molar-refractivity contribution < 1.29 is 23.8 Å². The molecule has 0 saturated carbocycles. The second-order valence-corrected chi connectivity index (χ2v) is 6.60. The van der Waals surface area contributed by atoms with Crippen LogP contribution in [0.4, 0.5) is 4.39 Å². The molecule has 0 aliphatic carbocycles. The molecule has 0 fully saturated rings. The summed E-state index contributed by atoms with van der Waals surface area (Å²) in [5.41, 5.74) is 3.26. The van der Waals surface area contributed by atoms with Gasteiger partial charge in [0.25, 0.3) is 11.8 Å². The number of phenols is 1. The standard InChI is InChI=1S/C21H24FN3O4/c1-4-29-18-11-14(5-10-17(18)26)12-23-25-21(28)19(13(2)3)24-20(27)15-6-8-16(22)9-7-15/h5-13,19,26H,4H2,1-3H3,(H,24,27)(H,25,28)/b23-12+. The summed E-state index contributed by atoms with van der Waals surface area (Å²) in [6.07, 6.45) is 1.40. The molecule has 1 unspecified atom stereocenters. The van der Waals surface area contributed by atoms with Crippen molar-refractivity contribution in [3.63, 3.8) is 0 Å². The van der Waals surface area contributed by atoms with Gasteiger partial charge < -0.3 is 15.2 Å². The molecule has 0 bridgehead atoms. The van der Waals surface area contributed by atoms with Crippen LogP contribution in [-0.4, -0.2) is 35.8 Å². The summed E-state index contributed by atoms with van der Waals surface area (Å²) in [6, 6.07) is 8.89. The minimum atomic E-state index is -0.830. The molecule has 0 saturated heterocycles. The first-order chi connectivity index (χ1) is 13.8. The molecule has 1 atom stereocenters. The fourth-order valence-electron chi connectivity index (χ4n) is 2.48. The molecule has 0 aromatic heterocycles. The van der Waals surface area contributed by atoms with Crippen molar-refractivity contribution in [1.82, 2.24) is 10.7 Å². The maximum absolute atomic E-state index is 13.0. The molecular formula is C21H24FN3O4. The first-order valence-electron chi connectivity index (χ1n) is 9.17. The minimum Gasteiger partial charge on any atom is -0.504 e. The second kappa shape index (κ2) is 10.2. The Kier molecular flexibility index (Phi) is 7.70. The summed E-state index contributed by atoms with van der Waals surface area (Å²) in [7, 11) is 0. The Labute approximate surface area is 168 Å². The first-order valence-corrected chi connectivity index (χ1v) is 9.17. The van der Waals surface area contributed by atoms with E-state index in [1.807, 2.05) is 0 Å². The average molecular weight is 401 g/mol. The molecule has 2 aromatic carbocycles. The van der Waals surface area contributed by atoms with E-state index in [1.54, 1.807) is 32.9 Å². The zero-order chi connectivity index (χ0) is 21.4. The third kappa shape index (κ3) is 6.31. The minimum absolute atomic E-state index is 0.0106. The average Bonchev–Trinajstić information content (AvgIpc) is 2.68. The van der Waals surface area contributed by atoms with Gasteiger partial charge in [-0.25, -0.2) is 9.82 Å². The van der Waals surface area contributed by atoms with Gasteiger partial charge in [0, 0.05) is 5.56 Å². The fraction of sp³-hybridized carbons (Fsp3) is 0.286. The number of halogens is 1. The van der Waals surface area contributed by atoms with Gasteiger partial charge in [-0.15, -0.1) is 0 Å². The predicted octanol–water partition coefficient (Wildman–Crippen LogP) is 2.83. The molecule has 0 spiro atoms. The molecule has 0 radical (unpaired) electrons. The van der Waals surface area contributed by atoms with Crippen LogP contribution in [-0.2, 0) is 4.79 Å². The Hall–Kier alpha value is -3.42. The molecule has 2 aromatic rings. The molecule has 8 heteroatoms. The molecule has 154 valence electrons. The molecular weight excluding hydrogens is 377 g/mol. The molecule has 0 heterocycles. The highest BCUT2D eigenvalue weighted by Gasteiger charge is 2.24. The summed E-state index contributed by atoms with van der Waals surface area (Å²) in [5, 5.41) is 16.2. The van der Waals surface area contributed by atoms with E-state index in [1.165, 1.54) is 36.5 Å². The maximum atomic E-state index is 13.0. The van der Waals surface area contributed by atoms with Crippen molar-refractivity contribution in [3.05, 3.63) is 59.4 Å². The van der Waals surface area contributed by atoms with Gasteiger partial charge in [0.2, 0.25) is 0 Å². The lowest BCUT2D eigenvalue weighted by atomic mass is 10.0. The number of hydrazone groups is 1. The molecule has 2 rings (SSSR count). The van der Waals surface area contributed by atoms with Crippen LogP contribution in [0, 0.1) is 11.7 Å². The van der Waals surface area contributed by atoms with Crippen molar-refractivity contribution in [2.24, 2.45) is 11.0 Å². The number of carbonyl (C=O) groups is 2. The molecule has 0 aliphatic heterocycles. The lowest BCUT2D eigenvalue weighted by Crippen LogP contribution is -2.48. The van der Waals surface area contributed by atoms with E-state index in [4.69, 9.17) is 4.74 Å². The number of rotatable bonds is 8. The third-order valence-electron chi connectivity index (χ3n) is 4.01. The zero-order valence-electron chi connectivity index (χ0n) is 16.5. The zero-order valence-corrected chi connectivity index (χ0v) is 16.5. The predicted molar refractivity (Wildman–Crippen MR) is 108 cm³/mol. The molecule has 0 aliphatic rings.